The van der Waals surface area contributed by atoms with Crippen molar-refractivity contribution >= 4 is 54.5 Å². The van der Waals surface area contributed by atoms with Gasteiger partial charge in [0.2, 0.25) is 0 Å². The van der Waals surface area contributed by atoms with Crippen molar-refractivity contribution in [2.24, 2.45) is 0 Å². The molecule has 10 aromatic rings. The first kappa shape index (κ1) is 27.5. The number of hydrogen-bond acceptors (Lipinski definition) is 2. The number of nitrogens with zero attached hydrogens (tertiary/aromatic N) is 2. The van der Waals surface area contributed by atoms with Crippen LogP contribution < -0.4 is 5.69 Å². The maximum atomic E-state index is 14.0. The molecule has 4 heteroatoms. The minimum atomic E-state index is -0.0947. The Bertz CT molecular complexity index is 2890. The van der Waals surface area contributed by atoms with Gasteiger partial charge < -0.3 is 4.42 Å². The zero-order valence-electron chi connectivity index (χ0n) is 26.4. The summed E-state index contributed by atoms with van der Waals surface area (Å²) in [5.41, 5.74) is 9.74. The van der Waals surface area contributed by atoms with E-state index in [1.807, 2.05) is 66.7 Å². The summed E-state index contributed by atoms with van der Waals surface area (Å²) in [5, 5.41) is 6.97. The van der Waals surface area contributed by atoms with Crippen LogP contribution in [-0.2, 0) is 0 Å². The molecule has 49 heavy (non-hydrogen) atoms. The Hall–Kier alpha value is -6.65. The molecule has 4 nitrogen and oxygen atoms in total. The van der Waals surface area contributed by atoms with Crippen molar-refractivity contribution in [3.05, 3.63) is 180 Å². The smallest absolute Gasteiger partial charge is 0.338 e. The van der Waals surface area contributed by atoms with Crippen LogP contribution in [-0.4, -0.2) is 9.13 Å². The number of para-hydroxylation sites is 4. The van der Waals surface area contributed by atoms with Crippen LogP contribution >= 0.6 is 0 Å². The van der Waals surface area contributed by atoms with Gasteiger partial charge in [-0.15, -0.1) is 0 Å². The van der Waals surface area contributed by atoms with Gasteiger partial charge in [-0.05, 0) is 98.4 Å². The normalized spacial score (nSPS) is 11.8. The van der Waals surface area contributed by atoms with E-state index >= 15 is 0 Å². The molecule has 0 amide bonds. The van der Waals surface area contributed by atoms with E-state index in [9.17, 15) is 4.79 Å². The van der Waals surface area contributed by atoms with E-state index in [4.69, 9.17) is 4.42 Å². The molecule has 0 atom stereocenters. The molecule has 0 aliphatic carbocycles. The number of benzene rings is 8. The summed E-state index contributed by atoms with van der Waals surface area (Å²) in [6.45, 7) is 0. The van der Waals surface area contributed by atoms with Crippen molar-refractivity contribution in [1.29, 1.82) is 0 Å². The molecular weight excluding hydrogens is 601 g/mol. The van der Waals surface area contributed by atoms with Crippen molar-refractivity contribution in [3.63, 3.8) is 0 Å². The Kier molecular flexibility index (Phi) is 5.99. The molecule has 0 fully saturated rings. The van der Waals surface area contributed by atoms with Crippen LogP contribution in [0.25, 0.3) is 88.1 Å². The highest BCUT2D eigenvalue weighted by molar-refractivity contribution is 6.22. The molecule has 10 rings (SSSR count). The van der Waals surface area contributed by atoms with E-state index in [1.54, 1.807) is 9.13 Å². The molecule has 0 unspecified atom stereocenters. The van der Waals surface area contributed by atoms with Gasteiger partial charge in [-0.2, -0.15) is 0 Å². The van der Waals surface area contributed by atoms with Crippen LogP contribution in [0.4, 0.5) is 0 Å². The van der Waals surface area contributed by atoms with Gasteiger partial charge in [0.15, 0.2) is 0 Å². The van der Waals surface area contributed by atoms with Crippen LogP contribution in [0.15, 0.2) is 179 Å². The second-order valence-corrected chi connectivity index (χ2v) is 12.5. The summed E-state index contributed by atoms with van der Waals surface area (Å²) in [6.07, 6.45) is 0. The summed E-state index contributed by atoms with van der Waals surface area (Å²) in [6, 6.07) is 58.3. The molecule has 0 aliphatic heterocycles. The zero-order valence-corrected chi connectivity index (χ0v) is 26.4. The standard InChI is InChI=1S/C45H28N2O2/c48-45-46(31-12-2-1-3-13-31)39-19-9-10-20-40(39)47(45)32-25-22-29(23-26-32)43-34-15-4-6-17-36(34)44(37-18-7-5-16-35(37)43)30-24-27-42-38(28-30)33-14-8-11-21-41(33)49-42/h1-28H. The van der Waals surface area contributed by atoms with E-state index in [2.05, 4.69) is 103 Å². The predicted octanol–water partition coefficient (Wildman–Crippen LogP) is 11.3. The number of aromatic nitrogens is 2. The predicted molar refractivity (Wildman–Crippen MR) is 202 cm³/mol. The van der Waals surface area contributed by atoms with Crippen LogP contribution in [0, 0.1) is 0 Å². The van der Waals surface area contributed by atoms with Crippen molar-refractivity contribution in [2.75, 3.05) is 0 Å². The monoisotopic (exact) mass is 628 g/mol. The lowest BCUT2D eigenvalue weighted by atomic mass is 9.85. The third-order valence-corrected chi connectivity index (χ3v) is 9.77. The third kappa shape index (κ3) is 4.14. The van der Waals surface area contributed by atoms with Crippen molar-refractivity contribution < 1.29 is 4.42 Å². The van der Waals surface area contributed by atoms with E-state index in [-0.39, 0.29) is 5.69 Å². The fraction of sp³-hybridized carbons (Fsp3) is 0. The molecule has 2 heterocycles. The minimum Gasteiger partial charge on any atom is -0.456 e. The Labute approximate surface area is 281 Å². The van der Waals surface area contributed by atoms with Crippen LogP contribution in [0.1, 0.15) is 0 Å². The van der Waals surface area contributed by atoms with E-state index in [0.717, 1.165) is 55.5 Å². The Balaban J connectivity index is 1.17. The molecule has 0 bridgehead atoms. The molecule has 0 spiro atoms. The quantitative estimate of drug-likeness (QED) is 0.182. The lowest BCUT2D eigenvalue weighted by Crippen LogP contribution is -2.22. The fourth-order valence-corrected chi connectivity index (χ4v) is 7.63. The van der Waals surface area contributed by atoms with Gasteiger partial charge >= 0.3 is 5.69 Å². The topological polar surface area (TPSA) is 40.1 Å². The summed E-state index contributed by atoms with van der Waals surface area (Å²) < 4.78 is 9.76. The zero-order chi connectivity index (χ0) is 32.5. The molecule has 0 saturated heterocycles. The van der Waals surface area contributed by atoms with Crippen LogP contribution in [0.2, 0.25) is 0 Å². The van der Waals surface area contributed by atoms with Gasteiger partial charge in [-0.3, -0.25) is 9.13 Å². The minimum absolute atomic E-state index is 0.0947. The Morgan fingerprint density at radius 1 is 0.367 bits per heavy atom. The molecule has 0 aliphatic rings. The van der Waals surface area contributed by atoms with E-state index < -0.39 is 0 Å². The van der Waals surface area contributed by atoms with E-state index in [1.165, 1.54) is 32.7 Å². The van der Waals surface area contributed by atoms with Gasteiger partial charge in [-0.25, -0.2) is 4.79 Å². The molecule has 230 valence electrons. The molecule has 8 aromatic carbocycles. The van der Waals surface area contributed by atoms with Gasteiger partial charge in [0.05, 0.1) is 22.4 Å². The van der Waals surface area contributed by atoms with Gasteiger partial charge in [-0.1, -0.05) is 115 Å². The number of hydrogen-bond donors (Lipinski definition) is 0. The highest BCUT2D eigenvalue weighted by atomic mass is 16.3. The first-order chi connectivity index (χ1) is 24.2. The van der Waals surface area contributed by atoms with Crippen molar-refractivity contribution in [2.45, 2.75) is 0 Å². The summed E-state index contributed by atoms with van der Waals surface area (Å²) in [5.74, 6) is 0. The number of imidazole rings is 1. The molecule has 0 radical (unpaired) electrons. The third-order valence-electron chi connectivity index (χ3n) is 9.77. The first-order valence-electron chi connectivity index (χ1n) is 16.5. The summed E-state index contributed by atoms with van der Waals surface area (Å²) >= 11 is 0. The van der Waals surface area contributed by atoms with Crippen molar-refractivity contribution in [1.82, 2.24) is 9.13 Å². The van der Waals surface area contributed by atoms with Gasteiger partial charge in [0.1, 0.15) is 11.2 Å². The average molecular weight is 629 g/mol. The van der Waals surface area contributed by atoms with Crippen molar-refractivity contribution in [3.8, 4) is 33.6 Å². The highest BCUT2D eigenvalue weighted by Crippen LogP contribution is 2.44. The lowest BCUT2D eigenvalue weighted by Gasteiger charge is -2.18. The summed E-state index contributed by atoms with van der Waals surface area (Å²) in [7, 11) is 0. The maximum absolute atomic E-state index is 14.0. The van der Waals surface area contributed by atoms with Crippen LogP contribution in [0.5, 0.6) is 0 Å². The average Bonchev–Trinajstić information content (AvgIpc) is 3.68. The lowest BCUT2D eigenvalue weighted by molar-refractivity contribution is 0.669. The Morgan fingerprint density at radius 3 is 1.43 bits per heavy atom. The van der Waals surface area contributed by atoms with Gasteiger partial charge in [0, 0.05) is 10.8 Å². The second-order valence-electron chi connectivity index (χ2n) is 12.5. The Morgan fingerprint density at radius 2 is 0.816 bits per heavy atom. The first-order valence-corrected chi connectivity index (χ1v) is 16.5. The molecule has 0 N–H and O–H groups in total. The van der Waals surface area contributed by atoms with Gasteiger partial charge in [0.25, 0.3) is 0 Å². The SMILES string of the molecule is O=c1n(-c2ccccc2)c2ccccc2n1-c1ccc(-c2c3ccccc3c(-c3ccc4oc5ccccc5c4c3)c3ccccc23)cc1. The highest BCUT2D eigenvalue weighted by Gasteiger charge is 2.19. The molecular formula is C45H28N2O2. The van der Waals surface area contributed by atoms with E-state index in [0.29, 0.717) is 0 Å². The number of rotatable bonds is 4. The fourth-order valence-electron chi connectivity index (χ4n) is 7.63. The van der Waals surface area contributed by atoms with Crippen LogP contribution in [0.3, 0.4) is 0 Å². The summed E-state index contributed by atoms with van der Waals surface area (Å²) in [4.78, 5) is 14.0. The maximum Gasteiger partial charge on any atom is 0.338 e. The second kappa shape index (κ2) is 10.7. The molecule has 0 saturated carbocycles. The number of fused-ring (bicyclic) bond motifs is 6. The largest absolute Gasteiger partial charge is 0.456 e. The molecule has 2 aromatic heterocycles. The number of furan rings is 1.